The maximum Gasteiger partial charge on any atom is 0.303 e. The average molecular weight is 427 g/mol. The summed E-state index contributed by atoms with van der Waals surface area (Å²) >= 11 is 0. The first kappa shape index (κ1) is 25.6. The smallest absolute Gasteiger partial charge is 0.303 e. The molecule has 0 aromatic carbocycles. The van der Waals surface area contributed by atoms with Gasteiger partial charge < -0.3 is 20.4 Å². The van der Waals surface area contributed by atoms with E-state index in [1.807, 2.05) is 0 Å². The summed E-state index contributed by atoms with van der Waals surface area (Å²) in [7, 11) is 0. The van der Waals surface area contributed by atoms with Crippen LogP contribution in [-0.2, 0) is 4.79 Å². The highest BCUT2D eigenvalue weighted by Crippen LogP contribution is 2.53. The first-order chi connectivity index (χ1) is 14.1. The second-order valence-corrected chi connectivity index (χ2v) is 10.8. The summed E-state index contributed by atoms with van der Waals surface area (Å²) in [4.78, 5) is 11.0. The van der Waals surface area contributed by atoms with Crippen LogP contribution in [0.25, 0.3) is 0 Å². The fourth-order valence-electron chi connectivity index (χ4n) is 6.94. The minimum Gasteiger partial charge on any atom is -0.481 e. The van der Waals surface area contributed by atoms with Crippen LogP contribution in [-0.4, -0.2) is 45.2 Å². The Labute approximate surface area is 183 Å². The van der Waals surface area contributed by atoms with Crippen LogP contribution in [0.5, 0.6) is 0 Å². The third-order valence-electron chi connectivity index (χ3n) is 9.08. The number of aliphatic carboxylic acids is 1. The Hall–Kier alpha value is -0.650. The van der Waals surface area contributed by atoms with Crippen molar-refractivity contribution < 1.29 is 25.2 Å². The first-order valence-corrected chi connectivity index (χ1v) is 12.3. The molecule has 2 aliphatic rings. The van der Waals surface area contributed by atoms with Gasteiger partial charge in [0, 0.05) is 13.0 Å². The Kier molecular flexibility index (Phi) is 9.63. The SMILES string of the molecule is CC[C@@H]1C[C@H](O)CC[C@]1(C)C1C[C@H](O)[C@H](C)[C@@H]([C@H](C)CCC(=O)O)CCC[C@@H]1CO. The molecule has 0 radical (unpaired) electrons. The van der Waals surface area contributed by atoms with Crippen molar-refractivity contribution >= 4 is 5.97 Å². The predicted molar refractivity (Wildman–Crippen MR) is 119 cm³/mol. The number of aliphatic hydroxyl groups is 3. The molecule has 2 fully saturated rings. The van der Waals surface area contributed by atoms with Gasteiger partial charge >= 0.3 is 5.97 Å². The van der Waals surface area contributed by atoms with Gasteiger partial charge in [0.05, 0.1) is 12.2 Å². The molecule has 4 N–H and O–H groups in total. The molecule has 0 bridgehead atoms. The summed E-state index contributed by atoms with van der Waals surface area (Å²) in [5, 5.41) is 40.9. The predicted octanol–water partition coefficient (Wildman–Crippen LogP) is 4.48. The minimum atomic E-state index is -0.753. The molecule has 5 nitrogen and oxygen atoms in total. The van der Waals surface area contributed by atoms with Crippen molar-refractivity contribution in [2.45, 2.75) is 104 Å². The zero-order valence-corrected chi connectivity index (χ0v) is 19.6. The van der Waals surface area contributed by atoms with Crippen LogP contribution in [0.4, 0.5) is 0 Å². The quantitative estimate of drug-likeness (QED) is 0.481. The minimum absolute atomic E-state index is 0.0246. The summed E-state index contributed by atoms with van der Waals surface area (Å²) in [5.74, 6) is 0.760. The number of carbonyl (C=O) groups is 1. The van der Waals surface area contributed by atoms with Gasteiger partial charge in [-0.25, -0.2) is 0 Å². The lowest BCUT2D eigenvalue weighted by Crippen LogP contribution is -2.46. The van der Waals surface area contributed by atoms with E-state index in [1.165, 1.54) is 0 Å². The van der Waals surface area contributed by atoms with E-state index in [-0.39, 0.29) is 48.2 Å². The van der Waals surface area contributed by atoms with Gasteiger partial charge in [0.15, 0.2) is 0 Å². The lowest BCUT2D eigenvalue weighted by atomic mass is 9.55. The highest BCUT2D eigenvalue weighted by atomic mass is 16.4. The summed E-state index contributed by atoms with van der Waals surface area (Å²) in [6.07, 6.45) is 7.40. The number of aliphatic hydroxyl groups excluding tert-OH is 3. The van der Waals surface area contributed by atoms with Crippen molar-refractivity contribution in [2.24, 2.45) is 40.9 Å². The van der Waals surface area contributed by atoms with Gasteiger partial charge in [0.1, 0.15) is 0 Å². The van der Waals surface area contributed by atoms with Crippen LogP contribution in [0.3, 0.4) is 0 Å². The third-order valence-corrected chi connectivity index (χ3v) is 9.08. The van der Waals surface area contributed by atoms with Gasteiger partial charge in [-0.05, 0) is 85.9 Å². The van der Waals surface area contributed by atoms with Crippen molar-refractivity contribution in [3.8, 4) is 0 Å². The molecule has 30 heavy (non-hydrogen) atoms. The Bertz CT molecular complexity index is 538. The molecule has 5 heteroatoms. The molecule has 2 aliphatic carbocycles. The Balaban J connectivity index is 2.24. The number of carboxylic acids is 1. The molecule has 2 saturated carbocycles. The van der Waals surface area contributed by atoms with Crippen LogP contribution in [0.1, 0.15) is 91.9 Å². The highest BCUT2D eigenvalue weighted by molar-refractivity contribution is 5.66. The van der Waals surface area contributed by atoms with Crippen LogP contribution < -0.4 is 0 Å². The summed E-state index contributed by atoms with van der Waals surface area (Å²) in [6.45, 7) is 8.95. The number of rotatable bonds is 7. The second kappa shape index (κ2) is 11.3. The van der Waals surface area contributed by atoms with Gasteiger partial charge in [-0.2, -0.15) is 0 Å². The second-order valence-electron chi connectivity index (χ2n) is 10.8. The van der Waals surface area contributed by atoms with Crippen LogP contribution in [0, 0.1) is 40.9 Å². The molecule has 1 unspecified atom stereocenters. The van der Waals surface area contributed by atoms with Crippen molar-refractivity contribution in [1.29, 1.82) is 0 Å². The van der Waals surface area contributed by atoms with Gasteiger partial charge in [-0.1, -0.05) is 40.5 Å². The molecular weight excluding hydrogens is 380 g/mol. The molecule has 0 amide bonds. The molecule has 176 valence electrons. The van der Waals surface area contributed by atoms with Crippen molar-refractivity contribution in [1.82, 2.24) is 0 Å². The summed E-state index contributed by atoms with van der Waals surface area (Å²) in [5.41, 5.74) is 0.0246. The Morgan fingerprint density at radius 1 is 1.17 bits per heavy atom. The maximum atomic E-state index is 11.3. The van der Waals surface area contributed by atoms with Gasteiger partial charge in [0.2, 0.25) is 0 Å². The van der Waals surface area contributed by atoms with Crippen molar-refractivity contribution in [3.63, 3.8) is 0 Å². The van der Waals surface area contributed by atoms with E-state index in [0.29, 0.717) is 24.7 Å². The number of hydrogen-bond acceptors (Lipinski definition) is 4. The van der Waals surface area contributed by atoms with E-state index in [4.69, 9.17) is 5.11 Å². The molecular formula is C25H46O5. The van der Waals surface area contributed by atoms with E-state index in [9.17, 15) is 20.1 Å². The normalized spacial score (nSPS) is 42.0. The van der Waals surface area contributed by atoms with Crippen molar-refractivity contribution in [3.05, 3.63) is 0 Å². The van der Waals surface area contributed by atoms with Gasteiger partial charge in [-0.3, -0.25) is 4.79 Å². The lowest BCUT2D eigenvalue weighted by molar-refractivity contribution is -0.137. The zero-order valence-electron chi connectivity index (χ0n) is 19.6. The Morgan fingerprint density at radius 2 is 1.87 bits per heavy atom. The highest BCUT2D eigenvalue weighted by Gasteiger charge is 2.48. The largest absolute Gasteiger partial charge is 0.481 e. The summed E-state index contributed by atoms with van der Waals surface area (Å²) < 4.78 is 0. The molecule has 0 aromatic rings. The molecule has 0 aromatic heterocycles. The lowest BCUT2D eigenvalue weighted by Gasteiger charge is -2.51. The summed E-state index contributed by atoms with van der Waals surface area (Å²) in [6, 6.07) is 0. The third kappa shape index (κ3) is 5.98. The monoisotopic (exact) mass is 426 g/mol. The van der Waals surface area contributed by atoms with Crippen LogP contribution in [0.2, 0.25) is 0 Å². The number of hydrogen-bond donors (Lipinski definition) is 4. The van der Waals surface area contributed by atoms with Crippen LogP contribution in [0.15, 0.2) is 0 Å². The molecule has 0 saturated heterocycles. The first-order valence-electron chi connectivity index (χ1n) is 12.3. The average Bonchev–Trinajstić information content (AvgIpc) is 2.77. The zero-order chi connectivity index (χ0) is 22.5. The topological polar surface area (TPSA) is 98.0 Å². The van der Waals surface area contributed by atoms with Gasteiger partial charge in [-0.15, -0.1) is 0 Å². The van der Waals surface area contributed by atoms with Crippen molar-refractivity contribution in [2.75, 3.05) is 6.61 Å². The fourth-order valence-corrected chi connectivity index (χ4v) is 6.94. The Morgan fingerprint density at radius 3 is 2.47 bits per heavy atom. The van der Waals surface area contributed by atoms with E-state index in [1.54, 1.807) is 0 Å². The molecule has 2 rings (SSSR count). The molecule has 0 spiro atoms. The molecule has 0 aliphatic heterocycles. The van der Waals surface area contributed by atoms with Gasteiger partial charge in [0.25, 0.3) is 0 Å². The number of carboxylic acid groups (broad SMARTS) is 1. The van der Waals surface area contributed by atoms with E-state index < -0.39 is 12.1 Å². The van der Waals surface area contributed by atoms with E-state index >= 15 is 0 Å². The standard InChI is InChI=1S/C25H46O5/c1-5-19-13-20(27)11-12-25(19,4)22-14-23(28)17(3)21(8-6-7-18(22)15-26)16(2)9-10-24(29)30/h16-23,26-28H,5-15H2,1-4H3,(H,29,30)/t16-,17-,18-,19-,20-,21-,22?,23+,25+/m1/s1. The fraction of sp³-hybridized carbons (Fsp3) is 0.960. The molecule has 0 heterocycles. The van der Waals surface area contributed by atoms with E-state index in [0.717, 1.165) is 44.9 Å². The van der Waals surface area contributed by atoms with Crippen LogP contribution >= 0.6 is 0 Å². The maximum absolute atomic E-state index is 11.3. The van der Waals surface area contributed by atoms with E-state index in [2.05, 4.69) is 27.7 Å². The molecule has 9 atom stereocenters.